The summed E-state index contributed by atoms with van der Waals surface area (Å²) in [5.74, 6) is -1.47. The summed E-state index contributed by atoms with van der Waals surface area (Å²) in [4.78, 5) is 24.4. The van der Waals surface area contributed by atoms with Gasteiger partial charge in [0.25, 0.3) is 11.7 Å². The zero-order valence-electron chi connectivity index (χ0n) is 15.2. The van der Waals surface area contributed by atoms with Crippen LogP contribution in [0.15, 0.2) is 42.6 Å². The van der Waals surface area contributed by atoms with Gasteiger partial charge in [-0.3, -0.25) is 9.59 Å². The topological polar surface area (TPSA) is 97.6 Å². The first-order valence-corrected chi connectivity index (χ1v) is 9.08. The molecule has 0 saturated carbocycles. The summed E-state index contributed by atoms with van der Waals surface area (Å²) >= 11 is 6.11. The van der Waals surface area contributed by atoms with Crippen LogP contribution < -0.4 is 10.5 Å². The number of hydrogen-bond acceptors (Lipinski definition) is 4. The molecule has 142 valence electrons. The Hall–Kier alpha value is -3.30. The Morgan fingerprint density at radius 1 is 1.29 bits per heavy atom. The average Bonchev–Trinajstić information content (AvgIpc) is 2.99. The third-order valence-corrected chi connectivity index (χ3v) is 4.73. The van der Waals surface area contributed by atoms with E-state index in [1.54, 1.807) is 24.4 Å². The molecule has 0 aliphatic carbocycles. The lowest BCUT2D eigenvalue weighted by Crippen LogP contribution is -2.24. The molecule has 3 aromatic rings. The van der Waals surface area contributed by atoms with Crippen molar-refractivity contribution in [3.8, 4) is 11.8 Å². The minimum atomic E-state index is -1.04. The van der Waals surface area contributed by atoms with Gasteiger partial charge in [0, 0.05) is 23.3 Å². The summed E-state index contributed by atoms with van der Waals surface area (Å²) in [5, 5.41) is 9.47. The van der Waals surface area contributed by atoms with Gasteiger partial charge in [0.15, 0.2) is 6.61 Å². The van der Waals surface area contributed by atoms with Crippen molar-refractivity contribution in [3.63, 3.8) is 0 Å². The predicted octanol–water partition coefficient (Wildman–Crippen LogP) is 3.32. The maximum atomic E-state index is 12.7. The first-order chi connectivity index (χ1) is 13.5. The molecule has 0 radical (unpaired) electrons. The van der Waals surface area contributed by atoms with Gasteiger partial charge in [0.1, 0.15) is 11.8 Å². The van der Waals surface area contributed by atoms with Crippen LogP contribution in [0.5, 0.6) is 5.75 Å². The highest BCUT2D eigenvalue weighted by molar-refractivity contribution is 6.44. The number of nitrogens with zero attached hydrogens (tertiary/aromatic N) is 2. The molecule has 2 heterocycles. The molecule has 0 atom stereocenters. The molecule has 3 rings (SSSR count). The highest BCUT2D eigenvalue weighted by Crippen LogP contribution is 2.33. The lowest BCUT2D eigenvalue weighted by atomic mass is 9.99. The number of hydrogen-bond donors (Lipinski definition) is 1. The summed E-state index contributed by atoms with van der Waals surface area (Å²) in [6.45, 7) is 1.73. The van der Waals surface area contributed by atoms with Crippen molar-refractivity contribution >= 4 is 28.8 Å². The fourth-order valence-corrected chi connectivity index (χ4v) is 3.61. The van der Waals surface area contributed by atoms with E-state index >= 15 is 0 Å². The Labute approximate surface area is 167 Å². The molecule has 2 aromatic heterocycles. The number of benzene rings is 1. The summed E-state index contributed by atoms with van der Waals surface area (Å²) in [5.41, 5.74) is 8.49. The molecular formula is C21H18ClN3O3. The number of nitriles is 1. The number of rotatable bonds is 7. The number of carbonyl (C=O) groups excluding carboxylic acids is 2. The number of amides is 1. The number of primary amides is 1. The number of ether oxygens (including phenoxy) is 1. The number of nitrogens with two attached hydrogens (primary N) is 1. The van der Waals surface area contributed by atoms with Crippen LogP contribution in [-0.4, -0.2) is 22.7 Å². The van der Waals surface area contributed by atoms with Crippen LogP contribution in [0.25, 0.3) is 5.52 Å². The molecule has 28 heavy (non-hydrogen) atoms. The van der Waals surface area contributed by atoms with Crippen LogP contribution in [-0.2, 0) is 17.6 Å². The van der Waals surface area contributed by atoms with E-state index in [2.05, 4.69) is 0 Å². The van der Waals surface area contributed by atoms with E-state index in [0.29, 0.717) is 29.1 Å². The summed E-state index contributed by atoms with van der Waals surface area (Å²) in [6, 6.07) is 12.8. The molecule has 0 spiro atoms. The Balaban J connectivity index is 2.30. The molecule has 0 fully saturated rings. The lowest BCUT2D eigenvalue weighted by Gasteiger charge is -2.08. The highest BCUT2D eigenvalue weighted by Gasteiger charge is 2.27. The fraction of sp³-hybridized carbons (Fsp3) is 0.190. The molecule has 2 N–H and O–H groups in total. The first-order valence-electron chi connectivity index (χ1n) is 8.71. The van der Waals surface area contributed by atoms with E-state index in [9.17, 15) is 9.59 Å². The molecule has 7 heteroatoms. The van der Waals surface area contributed by atoms with E-state index < -0.39 is 11.7 Å². The molecule has 6 nitrogen and oxygen atoms in total. The van der Waals surface area contributed by atoms with Gasteiger partial charge in [-0.25, -0.2) is 0 Å². The van der Waals surface area contributed by atoms with Gasteiger partial charge in [-0.1, -0.05) is 30.7 Å². The molecular weight excluding hydrogens is 378 g/mol. The first kappa shape index (κ1) is 19.5. The fourth-order valence-electron chi connectivity index (χ4n) is 3.40. The van der Waals surface area contributed by atoms with E-state index in [1.165, 1.54) is 0 Å². The standard InChI is InChI=1S/C21H18ClN3O3/c1-2-15-16(12-13-5-3-6-14(22)11-13)25-9-4-7-17(28-10-8-23)19(25)18(15)20(26)21(24)27/h3-7,9,11H,2,10,12H2,1H3,(H2,24,27). The Bertz CT molecular complexity index is 1110. The van der Waals surface area contributed by atoms with Crippen LogP contribution in [0.3, 0.4) is 0 Å². The highest BCUT2D eigenvalue weighted by atomic mass is 35.5. The maximum Gasteiger partial charge on any atom is 0.289 e. The van der Waals surface area contributed by atoms with Crippen LogP contribution in [0, 0.1) is 11.3 Å². The third kappa shape index (κ3) is 3.57. The minimum Gasteiger partial charge on any atom is -0.477 e. The van der Waals surface area contributed by atoms with Crippen molar-refractivity contribution < 1.29 is 14.3 Å². The van der Waals surface area contributed by atoms with Crippen molar-refractivity contribution in [2.24, 2.45) is 5.73 Å². The average molecular weight is 396 g/mol. The van der Waals surface area contributed by atoms with Gasteiger partial charge < -0.3 is 14.9 Å². The number of pyridine rings is 1. The maximum absolute atomic E-state index is 12.7. The largest absolute Gasteiger partial charge is 0.477 e. The molecule has 1 amide bonds. The molecule has 0 bridgehead atoms. The Kier molecular flexibility index (Phi) is 5.67. The van der Waals surface area contributed by atoms with Crippen molar-refractivity contribution in [2.45, 2.75) is 19.8 Å². The summed E-state index contributed by atoms with van der Waals surface area (Å²) in [7, 11) is 0. The minimum absolute atomic E-state index is 0.180. The lowest BCUT2D eigenvalue weighted by molar-refractivity contribution is -0.114. The number of halogens is 1. The van der Waals surface area contributed by atoms with Gasteiger partial charge in [0.2, 0.25) is 0 Å². The SMILES string of the molecule is CCc1c(C(=O)C(N)=O)c2c(OCC#N)cccn2c1Cc1cccc(Cl)c1. The second-order valence-corrected chi connectivity index (χ2v) is 6.63. The van der Waals surface area contributed by atoms with Crippen LogP contribution in [0.4, 0.5) is 0 Å². The zero-order chi connectivity index (χ0) is 20.3. The van der Waals surface area contributed by atoms with E-state index in [4.69, 9.17) is 27.3 Å². The Morgan fingerprint density at radius 2 is 2.07 bits per heavy atom. The number of aromatic nitrogens is 1. The van der Waals surface area contributed by atoms with Gasteiger partial charge in [-0.05, 0) is 41.8 Å². The van der Waals surface area contributed by atoms with E-state index in [-0.39, 0.29) is 12.2 Å². The normalized spacial score (nSPS) is 10.6. The second-order valence-electron chi connectivity index (χ2n) is 6.19. The Morgan fingerprint density at radius 3 is 2.71 bits per heavy atom. The number of fused-ring (bicyclic) bond motifs is 1. The zero-order valence-corrected chi connectivity index (χ0v) is 16.0. The molecule has 0 aliphatic heterocycles. The van der Waals surface area contributed by atoms with Gasteiger partial charge in [-0.2, -0.15) is 5.26 Å². The molecule has 0 unspecified atom stereocenters. The van der Waals surface area contributed by atoms with Crippen molar-refractivity contribution in [3.05, 3.63) is 70.0 Å². The van der Waals surface area contributed by atoms with Gasteiger partial charge >= 0.3 is 0 Å². The number of carbonyl (C=O) groups is 2. The quantitative estimate of drug-likeness (QED) is 0.490. The van der Waals surface area contributed by atoms with E-state index in [0.717, 1.165) is 16.8 Å². The number of ketones is 1. The van der Waals surface area contributed by atoms with E-state index in [1.807, 2.05) is 35.6 Å². The molecule has 0 aliphatic rings. The number of Topliss-reactive ketones (excluding diaryl/α,β-unsaturated/α-hetero) is 1. The summed E-state index contributed by atoms with van der Waals surface area (Å²) in [6.07, 6.45) is 2.81. The van der Waals surface area contributed by atoms with Gasteiger partial charge in [-0.15, -0.1) is 0 Å². The molecule has 0 saturated heterocycles. The van der Waals surface area contributed by atoms with Crippen LogP contribution in [0.2, 0.25) is 5.02 Å². The predicted molar refractivity (Wildman–Crippen MR) is 106 cm³/mol. The van der Waals surface area contributed by atoms with Crippen molar-refractivity contribution in [2.75, 3.05) is 6.61 Å². The van der Waals surface area contributed by atoms with Crippen molar-refractivity contribution in [1.29, 1.82) is 5.26 Å². The summed E-state index contributed by atoms with van der Waals surface area (Å²) < 4.78 is 7.34. The third-order valence-electron chi connectivity index (χ3n) is 4.49. The molecule has 1 aromatic carbocycles. The monoisotopic (exact) mass is 395 g/mol. The van der Waals surface area contributed by atoms with Gasteiger partial charge in [0.05, 0.1) is 11.1 Å². The van der Waals surface area contributed by atoms with Crippen molar-refractivity contribution in [1.82, 2.24) is 4.40 Å². The van der Waals surface area contributed by atoms with Crippen LogP contribution in [0.1, 0.15) is 34.1 Å². The smallest absolute Gasteiger partial charge is 0.289 e. The second kappa shape index (κ2) is 8.15. The van der Waals surface area contributed by atoms with Crippen LogP contribution >= 0.6 is 11.6 Å².